The SMILES string of the molecule is O=C(c1ccc(-n2ccc3ccccc32)cc1)c1cccs1. The molecule has 0 aliphatic rings. The van der Waals surface area contributed by atoms with Gasteiger partial charge >= 0.3 is 0 Å². The number of rotatable bonds is 3. The number of fused-ring (bicyclic) bond motifs is 1. The third-order valence-corrected chi connectivity index (χ3v) is 4.62. The molecule has 0 fully saturated rings. The van der Waals surface area contributed by atoms with Crippen molar-refractivity contribution in [1.29, 1.82) is 0 Å². The van der Waals surface area contributed by atoms with E-state index in [-0.39, 0.29) is 5.78 Å². The van der Waals surface area contributed by atoms with Crippen molar-refractivity contribution in [1.82, 2.24) is 4.57 Å². The van der Waals surface area contributed by atoms with Gasteiger partial charge in [-0.25, -0.2) is 0 Å². The molecule has 0 radical (unpaired) electrons. The van der Waals surface area contributed by atoms with Gasteiger partial charge < -0.3 is 4.57 Å². The monoisotopic (exact) mass is 303 g/mol. The number of hydrogen-bond acceptors (Lipinski definition) is 2. The normalized spacial score (nSPS) is 10.9. The molecule has 2 nitrogen and oxygen atoms in total. The van der Waals surface area contributed by atoms with Gasteiger partial charge in [0.1, 0.15) is 0 Å². The number of carbonyl (C=O) groups excluding carboxylic acids is 1. The highest BCUT2D eigenvalue weighted by molar-refractivity contribution is 7.12. The number of hydrogen-bond donors (Lipinski definition) is 0. The fourth-order valence-corrected chi connectivity index (χ4v) is 3.32. The number of carbonyl (C=O) groups is 1. The van der Waals surface area contributed by atoms with E-state index in [4.69, 9.17) is 0 Å². The largest absolute Gasteiger partial charge is 0.317 e. The molecule has 0 amide bonds. The summed E-state index contributed by atoms with van der Waals surface area (Å²) in [5.74, 6) is 0.0823. The molecule has 2 heterocycles. The topological polar surface area (TPSA) is 22.0 Å². The Morgan fingerprint density at radius 2 is 1.68 bits per heavy atom. The Hall–Kier alpha value is -2.65. The highest BCUT2D eigenvalue weighted by Crippen LogP contribution is 2.21. The molecular formula is C19H13NOS. The first-order valence-corrected chi connectivity index (χ1v) is 7.96. The molecule has 2 aromatic heterocycles. The molecule has 4 aromatic rings. The fraction of sp³-hybridized carbons (Fsp3) is 0. The van der Waals surface area contributed by atoms with Crippen LogP contribution in [-0.4, -0.2) is 10.4 Å². The summed E-state index contributed by atoms with van der Waals surface area (Å²) in [6, 6.07) is 21.9. The zero-order valence-electron chi connectivity index (χ0n) is 11.8. The quantitative estimate of drug-likeness (QED) is 0.492. The van der Waals surface area contributed by atoms with Gasteiger partial charge in [0.05, 0.1) is 10.4 Å². The van der Waals surface area contributed by atoms with Crippen LogP contribution in [0, 0.1) is 0 Å². The zero-order chi connectivity index (χ0) is 14.9. The smallest absolute Gasteiger partial charge is 0.202 e. The molecule has 106 valence electrons. The number of benzene rings is 2. The number of thiophene rings is 1. The maximum absolute atomic E-state index is 12.3. The number of ketones is 1. The van der Waals surface area contributed by atoms with E-state index >= 15 is 0 Å². The van der Waals surface area contributed by atoms with Crippen LogP contribution < -0.4 is 0 Å². The zero-order valence-corrected chi connectivity index (χ0v) is 12.6. The summed E-state index contributed by atoms with van der Waals surface area (Å²) in [6.07, 6.45) is 2.06. The van der Waals surface area contributed by atoms with Crippen molar-refractivity contribution in [3.63, 3.8) is 0 Å². The van der Waals surface area contributed by atoms with Crippen LogP contribution in [0.25, 0.3) is 16.6 Å². The van der Waals surface area contributed by atoms with Crippen molar-refractivity contribution >= 4 is 28.0 Å². The Kier molecular flexibility index (Phi) is 3.13. The lowest BCUT2D eigenvalue weighted by Crippen LogP contribution is -1.99. The average Bonchev–Trinajstić information content (AvgIpc) is 3.24. The molecule has 0 atom stereocenters. The van der Waals surface area contributed by atoms with E-state index < -0.39 is 0 Å². The van der Waals surface area contributed by atoms with Crippen LogP contribution in [0.5, 0.6) is 0 Å². The Balaban J connectivity index is 1.72. The average molecular weight is 303 g/mol. The molecule has 0 aliphatic carbocycles. The minimum atomic E-state index is 0.0823. The first-order chi connectivity index (χ1) is 10.8. The maximum atomic E-state index is 12.3. The third kappa shape index (κ3) is 2.16. The summed E-state index contributed by atoms with van der Waals surface area (Å²) in [4.78, 5) is 13.1. The van der Waals surface area contributed by atoms with Gasteiger partial charge in [-0.05, 0) is 53.2 Å². The van der Waals surface area contributed by atoms with Crippen molar-refractivity contribution in [3.8, 4) is 5.69 Å². The maximum Gasteiger partial charge on any atom is 0.202 e. The Morgan fingerprint density at radius 3 is 2.45 bits per heavy atom. The summed E-state index contributed by atoms with van der Waals surface area (Å²) in [5, 5.41) is 3.13. The summed E-state index contributed by atoms with van der Waals surface area (Å²) in [7, 11) is 0. The lowest BCUT2D eigenvalue weighted by atomic mass is 10.1. The van der Waals surface area contributed by atoms with Crippen LogP contribution in [0.4, 0.5) is 0 Å². The Bertz CT molecular complexity index is 933. The minimum Gasteiger partial charge on any atom is -0.317 e. The summed E-state index contributed by atoms with van der Waals surface area (Å²) in [5.41, 5.74) is 2.95. The molecule has 0 N–H and O–H groups in total. The summed E-state index contributed by atoms with van der Waals surface area (Å²) >= 11 is 1.47. The van der Waals surface area contributed by atoms with Gasteiger partial charge in [0.15, 0.2) is 0 Å². The van der Waals surface area contributed by atoms with Gasteiger partial charge in [0.2, 0.25) is 5.78 Å². The third-order valence-electron chi connectivity index (χ3n) is 3.75. The lowest BCUT2D eigenvalue weighted by molar-refractivity contribution is 0.104. The van der Waals surface area contributed by atoms with Crippen LogP contribution in [0.1, 0.15) is 15.2 Å². The van der Waals surface area contributed by atoms with Crippen molar-refractivity contribution in [3.05, 3.63) is 88.7 Å². The van der Waals surface area contributed by atoms with E-state index in [2.05, 4.69) is 29.0 Å². The Labute approximate surface area is 132 Å². The molecule has 0 aliphatic heterocycles. The summed E-state index contributed by atoms with van der Waals surface area (Å²) in [6.45, 7) is 0. The highest BCUT2D eigenvalue weighted by Gasteiger charge is 2.10. The molecular weight excluding hydrogens is 290 g/mol. The Morgan fingerprint density at radius 1 is 0.864 bits per heavy atom. The van der Waals surface area contributed by atoms with E-state index in [1.165, 1.54) is 22.2 Å². The van der Waals surface area contributed by atoms with Gasteiger partial charge in [-0.15, -0.1) is 11.3 Å². The van der Waals surface area contributed by atoms with Crippen LogP contribution in [0.3, 0.4) is 0 Å². The van der Waals surface area contributed by atoms with Crippen molar-refractivity contribution < 1.29 is 4.79 Å². The standard InChI is InChI=1S/C19H13NOS/c21-19(18-6-3-13-22-18)15-7-9-16(10-8-15)20-12-11-14-4-1-2-5-17(14)20/h1-13H. The van der Waals surface area contributed by atoms with Crippen molar-refractivity contribution in [2.45, 2.75) is 0 Å². The number of para-hydroxylation sites is 1. The number of aromatic nitrogens is 1. The van der Waals surface area contributed by atoms with Gasteiger partial charge in [-0.3, -0.25) is 4.79 Å². The van der Waals surface area contributed by atoms with E-state index in [1.54, 1.807) is 0 Å². The molecule has 0 unspecified atom stereocenters. The lowest BCUT2D eigenvalue weighted by Gasteiger charge is -2.06. The van der Waals surface area contributed by atoms with Gasteiger partial charge in [0.25, 0.3) is 0 Å². The second-order valence-electron chi connectivity index (χ2n) is 5.10. The highest BCUT2D eigenvalue weighted by atomic mass is 32.1. The van der Waals surface area contributed by atoms with Crippen LogP contribution in [0.15, 0.2) is 78.3 Å². The first-order valence-electron chi connectivity index (χ1n) is 7.08. The van der Waals surface area contributed by atoms with E-state index in [9.17, 15) is 4.79 Å². The van der Waals surface area contributed by atoms with Gasteiger partial charge in [0, 0.05) is 17.4 Å². The van der Waals surface area contributed by atoms with Crippen LogP contribution in [0.2, 0.25) is 0 Å². The van der Waals surface area contributed by atoms with Gasteiger partial charge in [-0.2, -0.15) is 0 Å². The first kappa shape index (κ1) is 13.0. The van der Waals surface area contributed by atoms with E-state index in [1.807, 2.05) is 53.9 Å². The molecule has 2 aromatic carbocycles. The van der Waals surface area contributed by atoms with Gasteiger partial charge in [-0.1, -0.05) is 24.3 Å². The second kappa shape index (κ2) is 5.28. The summed E-state index contributed by atoms with van der Waals surface area (Å²) < 4.78 is 2.13. The predicted molar refractivity (Wildman–Crippen MR) is 91.0 cm³/mol. The van der Waals surface area contributed by atoms with Crippen molar-refractivity contribution in [2.75, 3.05) is 0 Å². The molecule has 0 spiro atoms. The number of nitrogens with zero attached hydrogens (tertiary/aromatic N) is 1. The molecule has 22 heavy (non-hydrogen) atoms. The predicted octanol–water partition coefficient (Wildman–Crippen LogP) is 4.92. The van der Waals surface area contributed by atoms with E-state index in [0.29, 0.717) is 0 Å². The molecule has 0 bridgehead atoms. The second-order valence-corrected chi connectivity index (χ2v) is 6.05. The molecule has 0 saturated carbocycles. The molecule has 3 heteroatoms. The minimum absolute atomic E-state index is 0.0823. The fourth-order valence-electron chi connectivity index (χ4n) is 2.63. The van der Waals surface area contributed by atoms with Crippen LogP contribution >= 0.6 is 11.3 Å². The molecule has 4 rings (SSSR count). The van der Waals surface area contributed by atoms with Crippen LogP contribution in [-0.2, 0) is 0 Å². The molecule has 0 saturated heterocycles. The van der Waals surface area contributed by atoms with Crippen molar-refractivity contribution in [2.24, 2.45) is 0 Å². The van der Waals surface area contributed by atoms with E-state index in [0.717, 1.165) is 16.1 Å².